The van der Waals surface area contributed by atoms with Crippen molar-refractivity contribution < 1.29 is 4.92 Å². The fraction of sp³-hybridized carbons (Fsp3) is 0.357. The van der Waals surface area contributed by atoms with Gasteiger partial charge in [0.05, 0.1) is 17.7 Å². The van der Waals surface area contributed by atoms with Gasteiger partial charge in [-0.1, -0.05) is 12.1 Å². The first-order valence-corrected chi connectivity index (χ1v) is 6.69. The molecule has 1 aliphatic carbocycles. The van der Waals surface area contributed by atoms with E-state index in [4.69, 9.17) is 0 Å². The van der Waals surface area contributed by atoms with E-state index < -0.39 is 0 Å². The summed E-state index contributed by atoms with van der Waals surface area (Å²) in [6, 6.07) is 7.26. The number of hydrogen-bond acceptors (Lipinski definition) is 4. The van der Waals surface area contributed by atoms with Crippen LogP contribution in [-0.2, 0) is 13.1 Å². The fourth-order valence-corrected chi connectivity index (χ4v) is 2.04. The van der Waals surface area contributed by atoms with Gasteiger partial charge in [-0.05, 0) is 18.4 Å². The molecular weight excluding hydrogens is 256 g/mol. The fourth-order valence-electron chi connectivity index (χ4n) is 2.04. The highest BCUT2D eigenvalue weighted by Crippen LogP contribution is 2.19. The number of hydrogen-bond donors (Lipinski definition) is 1. The van der Waals surface area contributed by atoms with Crippen LogP contribution < -0.4 is 5.32 Å². The minimum atomic E-state index is -0.390. The highest BCUT2D eigenvalue weighted by Gasteiger charge is 2.20. The second-order valence-corrected chi connectivity index (χ2v) is 5.12. The molecule has 1 aromatic heterocycles. The first kappa shape index (κ1) is 12.8. The van der Waals surface area contributed by atoms with Crippen LogP contribution in [0.1, 0.15) is 24.0 Å². The van der Waals surface area contributed by atoms with Crippen LogP contribution in [-0.4, -0.2) is 20.7 Å². The van der Waals surface area contributed by atoms with E-state index in [1.807, 2.05) is 17.1 Å². The summed E-state index contributed by atoms with van der Waals surface area (Å²) in [5.74, 6) is 0. The lowest BCUT2D eigenvalue weighted by molar-refractivity contribution is -0.384. The van der Waals surface area contributed by atoms with E-state index in [-0.39, 0.29) is 10.6 Å². The predicted octanol–water partition coefficient (Wildman–Crippen LogP) is 2.09. The number of nitrogens with one attached hydrogen (secondary N) is 1. The zero-order valence-electron chi connectivity index (χ0n) is 11.0. The summed E-state index contributed by atoms with van der Waals surface area (Å²) in [6.07, 6.45) is 6.42. The third-order valence-electron chi connectivity index (χ3n) is 3.35. The Balaban J connectivity index is 1.60. The van der Waals surface area contributed by atoms with Crippen LogP contribution in [0.5, 0.6) is 0 Å². The molecule has 104 valence electrons. The molecule has 0 bridgehead atoms. The zero-order valence-corrected chi connectivity index (χ0v) is 11.0. The normalized spacial score (nSPS) is 14.4. The van der Waals surface area contributed by atoms with Crippen molar-refractivity contribution in [3.05, 3.63) is 57.9 Å². The predicted molar refractivity (Wildman–Crippen MR) is 74.3 cm³/mol. The third kappa shape index (κ3) is 3.21. The van der Waals surface area contributed by atoms with Crippen molar-refractivity contribution in [3.8, 4) is 0 Å². The lowest BCUT2D eigenvalue weighted by Crippen LogP contribution is -2.14. The number of nitro benzene ring substituents is 1. The van der Waals surface area contributed by atoms with Gasteiger partial charge in [0.1, 0.15) is 0 Å². The summed E-state index contributed by atoms with van der Waals surface area (Å²) in [6.45, 7) is 1.48. The maximum absolute atomic E-state index is 10.6. The van der Waals surface area contributed by atoms with Crippen LogP contribution in [0, 0.1) is 10.1 Å². The zero-order chi connectivity index (χ0) is 13.9. The van der Waals surface area contributed by atoms with Gasteiger partial charge in [0, 0.05) is 36.5 Å². The molecule has 1 N–H and O–H groups in total. The van der Waals surface area contributed by atoms with Gasteiger partial charge in [-0.3, -0.25) is 14.8 Å². The molecule has 0 radical (unpaired) electrons. The number of nitrogens with zero attached hydrogens (tertiary/aromatic N) is 3. The molecule has 0 saturated heterocycles. The quantitative estimate of drug-likeness (QED) is 0.645. The van der Waals surface area contributed by atoms with Crippen molar-refractivity contribution >= 4 is 5.69 Å². The van der Waals surface area contributed by atoms with Crippen molar-refractivity contribution in [3.63, 3.8) is 0 Å². The molecule has 0 atom stereocenters. The van der Waals surface area contributed by atoms with Crippen molar-refractivity contribution in [1.82, 2.24) is 15.1 Å². The van der Waals surface area contributed by atoms with Crippen molar-refractivity contribution in [2.24, 2.45) is 0 Å². The topological polar surface area (TPSA) is 73.0 Å². The Kier molecular flexibility index (Phi) is 3.47. The number of nitro groups is 1. The molecule has 0 spiro atoms. The smallest absolute Gasteiger partial charge is 0.269 e. The minimum absolute atomic E-state index is 0.114. The molecular formula is C14H16N4O2. The van der Waals surface area contributed by atoms with Gasteiger partial charge in [-0.2, -0.15) is 5.10 Å². The summed E-state index contributed by atoms with van der Waals surface area (Å²) in [4.78, 5) is 10.2. The van der Waals surface area contributed by atoms with E-state index in [1.54, 1.807) is 12.1 Å². The largest absolute Gasteiger partial charge is 0.310 e. The van der Waals surface area contributed by atoms with E-state index in [9.17, 15) is 10.1 Å². The third-order valence-corrected chi connectivity index (χ3v) is 3.35. The molecule has 3 rings (SSSR count). The molecule has 20 heavy (non-hydrogen) atoms. The van der Waals surface area contributed by atoms with Crippen LogP contribution in [0.3, 0.4) is 0 Å². The highest BCUT2D eigenvalue weighted by atomic mass is 16.6. The molecule has 0 aliphatic heterocycles. The lowest BCUT2D eigenvalue weighted by Gasteiger charge is -2.02. The molecule has 1 fully saturated rings. The average Bonchev–Trinajstić information content (AvgIpc) is 3.17. The summed E-state index contributed by atoms with van der Waals surface area (Å²) < 4.78 is 1.85. The SMILES string of the molecule is O=[N+]([O-])c1ccc(Cn2cc(CNC3CC3)cn2)cc1. The minimum Gasteiger partial charge on any atom is -0.310 e. The van der Waals surface area contributed by atoms with Gasteiger partial charge >= 0.3 is 0 Å². The number of non-ortho nitro benzene ring substituents is 1. The summed E-state index contributed by atoms with van der Waals surface area (Å²) in [5.41, 5.74) is 2.28. The Morgan fingerprint density at radius 2 is 2.05 bits per heavy atom. The summed E-state index contributed by atoms with van der Waals surface area (Å²) in [5, 5.41) is 18.3. The molecule has 0 unspecified atom stereocenters. The van der Waals surface area contributed by atoms with E-state index in [2.05, 4.69) is 10.4 Å². The van der Waals surface area contributed by atoms with Gasteiger partial charge in [-0.15, -0.1) is 0 Å². The Morgan fingerprint density at radius 3 is 2.70 bits per heavy atom. The first-order valence-electron chi connectivity index (χ1n) is 6.69. The summed E-state index contributed by atoms with van der Waals surface area (Å²) in [7, 11) is 0. The van der Waals surface area contributed by atoms with Gasteiger partial charge in [0.15, 0.2) is 0 Å². The van der Waals surface area contributed by atoms with Crippen LogP contribution in [0.2, 0.25) is 0 Å². The maximum atomic E-state index is 10.6. The van der Waals surface area contributed by atoms with Crippen LogP contribution in [0.4, 0.5) is 5.69 Å². The van der Waals surface area contributed by atoms with E-state index in [0.29, 0.717) is 12.6 Å². The number of aromatic nitrogens is 2. The monoisotopic (exact) mass is 272 g/mol. The molecule has 6 heteroatoms. The van der Waals surface area contributed by atoms with Gasteiger partial charge in [0.25, 0.3) is 5.69 Å². The standard InChI is InChI=1S/C14H16N4O2/c19-18(20)14-5-1-11(2-6-14)9-17-10-12(8-16-17)7-15-13-3-4-13/h1-2,5-6,8,10,13,15H,3-4,7,9H2. The van der Waals surface area contributed by atoms with Crippen LogP contribution in [0.15, 0.2) is 36.7 Å². The first-order chi connectivity index (χ1) is 9.70. The molecule has 6 nitrogen and oxygen atoms in total. The molecule has 1 heterocycles. The van der Waals surface area contributed by atoms with Gasteiger partial charge in [-0.25, -0.2) is 0 Å². The Morgan fingerprint density at radius 1 is 1.30 bits per heavy atom. The van der Waals surface area contributed by atoms with E-state index in [0.717, 1.165) is 12.1 Å². The van der Waals surface area contributed by atoms with Crippen molar-refractivity contribution in [2.75, 3.05) is 0 Å². The van der Waals surface area contributed by atoms with Crippen LogP contribution >= 0.6 is 0 Å². The number of benzene rings is 1. The van der Waals surface area contributed by atoms with E-state index >= 15 is 0 Å². The average molecular weight is 272 g/mol. The second kappa shape index (κ2) is 5.42. The molecule has 0 amide bonds. The van der Waals surface area contributed by atoms with Crippen molar-refractivity contribution in [1.29, 1.82) is 0 Å². The molecule has 1 saturated carbocycles. The molecule has 1 aliphatic rings. The number of rotatable bonds is 6. The Hall–Kier alpha value is -2.21. The summed E-state index contributed by atoms with van der Waals surface area (Å²) >= 11 is 0. The Labute approximate surface area is 116 Å². The van der Waals surface area contributed by atoms with Crippen LogP contribution in [0.25, 0.3) is 0 Å². The van der Waals surface area contributed by atoms with Gasteiger partial charge < -0.3 is 5.32 Å². The molecule has 1 aromatic carbocycles. The lowest BCUT2D eigenvalue weighted by atomic mass is 10.2. The second-order valence-electron chi connectivity index (χ2n) is 5.12. The van der Waals surface area contributed by atoms with Crippen molar-refractivity contribution in [2.45, 2.75) is 32.0 Å². The maximum Gasteiger partial charge on any atom is 0.269 e. The Bertz CT molecular complexity index is 602. The van der Waals surface area contributed by atoms with Gasteiger partial charge in [0.2, 0.25) is 0 Å². The molecule has 2 aromatic rings. The highest BCUT2D eigenvalue weighted by molar-refractivity contribution is 5.32. The van der Waals surface area contributed by atoms with E-state index in [1.165, 1.54) is 30.5 Å².